The van der Waals surface area contributed by atoms with Crippen LogP contribution in [-0.4, -0.2) is 30.9 Å². The van der Waals surface area contributed by atoms with Gasteiger partial charge in [-0.1, -0.05) is 12.1 Å². The average Bonchev–Trinajstić information content (AvgIpc) is 3.20. The molecule has 0 saturated heterocycles. The first-order valence-electron chi connectivity index (χ1n) is 8.74. The quantitative estimate of drug-likeness (QED) is 0.396. The summed E-state index contributed by atoms with van der Waals surface area (Å²) in [4.78, 5) is 0. The number of nitrogens with one attached hydrogen (secondary N) is 1. The molecular formula is C20H16F2N6S. The molecule has 146 valence electrons. The fraction of sp³-hybridized carbons (Fsp3) is 0.100. The zero-order valence-corrected chi connectivity index (χ0v) is 16.4. The number of benzene rings is 2. The van der Waals surface area contributed by atoms with Gasteiger partial charge >= 0.3 is 0 Å². The van der Waals surface area contributed by atoms with Crippen LogP contribution in [0.3, 0.4) is 0 Å². The molecule has 4 rings (SSSR count). The van der Waals surface area contributed by atoms with E-state index in [-0.39, 0.29) is 22.0 Å². The van der Waals surface area contributed by atoms with Crippen LogP contribution >= 0.6 is 12.2 Å². The summed E-state index contributed by atoms with van der Waals surface area (Å²) in [6, 6.07) is 12.3. The maximum absolute atomic E-state index is 14.2. The standard InChI is InChI=1S/C20H16F2N6S/c1-12-17(13(2)27(26-12)15-9-7-14(21)8-10-15)11-23-28-19(24-25-20(28)29)16-5-3-4-6-18(16)22/h3-11H,1-2H3,(H,25,29)/b23-11-. The van der Waals surface area contributed by atoms with Gasteiger partial charge in [-0.2, -0.15) is 20.0 Å². The van der Waals surface area contributed by atoms with Crippen LogP contribution in [-0.2, 0) is 0 Å². The van der Waals surface area contributed by atoms with E-state index in [0.717, 1.165) is 22.6 Å². The van der Waals surface area contributed by atoms with Gasteiger partial charge in [0.05, 0.1) is 28.9 Å². The predicted molar refractivity (Wildman–Crippen MR) is 109 cm³/mol. The summed E-state index contributed by atoms with van der Waals surface area (Å²) in [7, 11) is 0. The van der Waals surface area contributed by atoms with Crippen LogP contribution in [0.5, 0.6) is 0 Å². The highest BCUT2D eigenvalue weighted by molar-refractivity contribution is 7.71. The summed E-state index contributed by atoms with van der Waals surface area (Å²) in [5.74, 6) is -0.466. The average molecular weight is 410 g/mol. The normalized spacial score (nSPS) is 11.4. The van der Waals surface area contributed by atoms with E-state index in [1.54, 1.807) is 41.2 Å². The van der Waals surface area contributed by atoms with E-state index < -0.39 is 5.82 Å². The maximum Gasteiger partial charge on any atom is 0.216 e. The first-order chi connectivity index (χ1) is 14.0. The molecule has 0 atom stereocenters. The highest BCUT2D eigenvalue weighted by Gasteiger charge is 2.14. The Kier molecular flexibility index (Phi) is 4.89. The van der Waals surface area contributed by atoms with Crippen LogP contribution in [0.4, 0.5) is 8.78 Å². The Morgan fingerprint density at radius 1 is 1.07 bits per heavy atom. The van der Waals surface area contributed by atoms with Crippen molar-refractivity contribution in [1.29, 1.82) is 0 Å². The number of aromatic nitrogens is 5. The molecule has 29 heavy (non-hydrogen) atoms. The van der Waals surface area contributed by atoms with Crippen molar-refractivity contribution in [1.82, 2.24) is 24.7 Å². The van der Waals surface area contributed by atoms with Crippen LogP contribution in [0.25, 0.3) is 17.1 Å². The lowest BCUT2D eigenvalue weighted by Crippen LogP contribution is -2.00. The van der Waals surface area contributed by atoms with Gasteiger partial charge < -0.3 is 0 Å². The van der Waals surface area contributed by atoms with Gasteiger partial charge in [-0.25, -0.2) is 18.6 Å². The number of halogens is 2. The number of H-pyrrole nitrogens is 1. The molecule has 0 aliphatic heterocycles. The van der Waals surface area contributed by atoms with Gasteiger partial charge in [0.1, 0.15) is 11.6 Å². The molecule has 2 aromatic heterocycles. The number of hydrogen-bond donors (Lipinski definition) is 1. The number of hydrogen-bond acceptors (Lipinski definition) is 4. The van der Waals surface area contributed by atoms with Gasteiger partial charge in [-0.15, -0.1) is 0 Å². The molecule has 0 bridgehead atoms. The molecule has 0 saturated carbocycles. The van der Waals surface area contributed by atoms with E-state index >= 15 is 0 Å². The Morgan fingerprint density at radius 3 is 2.52 bits per heavy atom. The van der Waals surface area contributed by atoms with E-state index in [1.165, 1.54) is 22.9 Å². The molecule has 0 aliphatic rings. The lowest BCUT2D eigenvalue weighted by atomic mass is 10.2. The molecule has 0 amide bonds. The Bertz CT molecular complexity index is 1270. The fourth-order valence-electron chi connectivity index (χ4n) is 3.01. The minimum absolute atomic E-state index is 0.237. The predicted octanol–water partition coefficient (Wildman–Crippen LogP) is 4.57. The van der Waals surface area contributed by atoms with Crippen molar-refractivity contribution >= 4 is 18.4 Å². The summed E-state index contributed by atoms with van der Waals surface area (Å²) >= 11 is 5.24. The number of aromatic amines is 1. The van der Waals surface area contributed by atoms with Crippen molar-refractivity contribution in [3.8, 4) is 17.1 Å². The number of aryl methyl sites for hydroxylation is 1. The zero-order valence-electron chi connectivity index (χ0n) is 15.6. The molecule has 4 aromatic rings. The SMILES string of the molecule is Cc1nn(-c2ccc(F)cc2)c(C)c1/C=N\n1c(-c2ccccc2F)n[nH]c1=S. The summed E-state index contributed by atoms with van der Waals surface area (Å²) in [6.07, 6.45) is 1.60. The first-order valence-corrected chi connectivity index (χ1v) is 9.15. The Labute approximate surface area is 170 Å². The number of nitrogens with zero attached hydrogens (tertiary/aromatic N) is 5. The molecule has 9 heteroatoms. The Balaban J connectivity index is 1.75. The summed E-state index contributed by atoms with van der Waals surface area (Å²) in [5, 5.41) is 15.7. The van der Waals surface area contributed by atoms with E-state index in [4.69, 9.17) is 12.2 Å². The molecule has 0 aliphatic carbocycles. The van der Waals surface area contributed by atoms with E-state index in [2.05, 4.69) is 20.4 Å². The molecule has 0 unspecified atom stereocenters. The number of rotatable bonds is 4. The van der Waals surface area contributed by atoms with Crippen molar-refractivity contribution in [2.24, 2.45) is 5.10 Å². The zero-order chi connectivity index (χ0) is 20.5. The smallest absolute Gasteiger partial charge is 0.216 e. The van der Waals surface area contributed by atoms with E-state index in [9.17, 15) is 8.78 Å². The summed E-state index contributed by atoms with van der Waals surface area (Å²) < 4.78 is 30.7. The lowest BCUT2D eigenvalue weighted by Gasteiger charge is -2.04. The molecule has 2 heterocycles. The third-order valence-corrected chi connectivity index (χ3v) is 4.75. The first kappa shape index (κ1) is 18.9. The van der Waals surface area contributed by atoms with Gasteiger partial charge in [0.2, 0.25) is 4.77 Å². The van der Waals surface area contributed by atoms with Crippen molar-refractivity contribution in [2.75, 3.05) is 0 Å². The monoisotopic (exact) mass is 410 g/mol. The van der Waals surface area contributed by atoms with Crippen LogP contribution in [0.15, 0.2) is 53.6 Å². The minimum Gasteiger partial charge on any atom is -0.250 e. The van der Waals surface area contributed by atoms with Gasteiger partial charge in [-0.05, 0) is 62.5 Å². The molecule has 0 radical (unpaired) electrons. The van der Waals surface area contributed by atoms with Gasteiger partial charge in [-0.3, -0.25) is 0 Å². The van der Waals surface area contributed by atoms with Crippen molar-refractivity contribution in [3.63, 3.8) is 0 Å². The molecule has 1 N–H and O–H groups in total. The Morgan fingerprint density at radius 2 is 1.79 bits per heavy atom. The summed E-state index contributed by atoms with van der Waals surface area (Å²) in [6.45, 7) is 3.73. The van der Waals surface area contributed by atoms with E-state index in [1.807, 2.05) is 13.8 Å². The largest absolute Gasteiger partial charge is 0.250 e. The lowest BCUT2D eigenvalue weighted by molar-refractivity contribution is 0.626. The molecule has 6 nitrogen and oxygen atoms in total. The van der Waals surface area contributed by atoms with Gasteiger partial charge in [0.15, 0.2) is 5.82 Å². The second kappa shape index (κ2) is 7.51. The molecular weight excluding hydrogens is 394 g/mol. The van der Waals surface area contributed by atoms with Gasteiger partial charge in [0, 0.05) is 5.56 Å². The second-order valence-electron chi connectivity index (χ2n) is 6.36. The van der Waals surface area contributed by atoms with Crippen LogP contribution in [0.1, 0.15) is 17.0 Å². The van der Waals surface area contributed by atoms with Gasteiger partial charge in [0.25, 0.3) is 0 Å². The van der Waals surface area contributed by atoms with E-state index in [0.29, 0.717) is 0 Å². The topological polar surface area (TPSA) is 63.8 Å². The maximum atomic E-state index is 14.2. The highest BCUT2D eigenvalue weighted by atomic mass is 32.1. The third-order valence-electron chi connectivity index (χ3n) is 4.49. The summed E-state index contributed by atoms with van der Waals surface area (Å²) in [5.41, 5.74) is 3.35. The van der Waals surface area contributed by atoms with Crippen LogP contribution in [0.2, 0.25) is 0 Å². The highest BCUT2D eigenvalue weighted by Crippen LogP contribution is 2.21. The van der Waals surface area contributed by atoms with Crippen molar-refractivity contribution in [3.05, 3.63) is 81.9 Å². The third kappa shape index (κ3) is 3.52. The van der Waals surface area contributed by atoms with Crippen LogP contribution in [0, 0.1) is 30.3 Å². The molecule has 2 aromatic carbocycles. The van der Waals surface area contributed by atoms with Crippen molar-refractivity contribution in [2.45, 2.75) is 13.8 Å². The minimum atomic E-state index is -0.422. The molecule has 0 spiro atoms. The fourth-order valence-corrected chi connectivity index (χ4v) is 3.19. The Hall–Kier alpha value is -3.46. The van der Waals surface area contributed by atoms with Crippen LogP contribution < -0.4 is 0 Å². The second-order valence-corrected chi connectivity index (χ2v) is 6.75. The molecule has 0 fully saturated rings. The van der Waals surface area contributed by atoms with Crippen molar-refractivity contribution < 1.29 is 8.78 Å².